The van der Waals surface area contributed by atoms with E-state index in [-0.39, 0.29) is 42.8 Å². The zero-order valence-electron chi connectivity index (χ0n) is 21.6. The molecule has 1 saturated carbocycles. The largest absolute Gasteiger partial charge is 0.476 e. The Morgan fingerprint density at radius 2 is 1.84 bits per heavy atom. The van der Waals surface area contributed by atoms with Gasteiger partial charge in [0, 0.05) is 24.7 Å². The molecule has 0 N–H and O–H groups in total. The molecule has 206 valence electrons. The van der Waals surface area contributed by atoms with E-state index < -0.39 is 17.4 Å². The minimum atomic E-state index is -4.13. The number of carbonyl (C=O) groups excluding carboxylic acids is 1. The number of halogens is 4. The van der Waals surface area contributed by atoms with Gasteiger partial charge in [0.25, 0.3) is 5.91 Å². The summed E-state index contributed by atoms with van der Waals surface area (Å²) in [7, 11) is 0. The van der Waals surface area contributed by atoms with Crippen LogP contribution < -0.4 is 4.74 Å². The highest BCUT2D eigenvalue weighted by molar-refractivity contribution is 5.95. The van der Waals surface area contributed by atoms with E-state index in [4.69, 9.17) is 4.74 Å². The summed E-state index contributed by atoms with van der Waals surface area (Å²) >= 11 is 0. The summed E-state index contributed by atoms with van der Waals surface area (Å²) in [6.07, 6.45) is 3.40. The SMILES string of the molecule is C[C@H]1CCCN1C(=O)c1ccc(-c2cnc(OCC3CCN(CC4(C(F)(F)F)CCC4)CC3)cn2)cc1F. The van der Waals surface area contributed by atoms with Crippen LogP contribution in [0.15, 0.2) is 30.6 Å². The summed E-state index contributed by atoms with van der Waals surface area (Å²) in [6.45, 7) is 4.42. The van der Waals surface area contributed by atoms with Crippen LogP contribution in [0.3, 0.4) is 0 Å². The van der Waals surface area contributed by atoms with Crippen molar-refractivity contribution in [3.63, 3.8) is 0 Å². The van der Waals surface area contributed by atoms with E-state index in [9.17, 15) is 22.4 Å². The van der Waals surface area contributed by atoms with Crippen molar-refractivity contribution in [2.45, 2.75) is 64.1 Å². The summed E-state index contributed by atoms with van der Waals surface area (Å²) in [6, 6.07) is 4.58. The Morgan fingerprint density at radius 1 is 1.08 bits per heavy atom. The summed E-state index contributed by atoms with van der Waals surface area (Å²) in [4.78, 5) is 25.0. The number of rotatable bonds is 7. The number of likely N-dealkylation sites (tertiary alicyclic amines) is 2. The van der Waals surface area contributed by atoms with E-state index in [1.807, 2.05) is 11.8 Å². The summed E-state index contributed by atoms with van der Waals surface area (Å²) in [5.74, 6) is -0.286. The van der Waals surface area contributed by atoms with Crippen LogP contribution in [0.25, 0.3) is 11.3 Å². The maximum absolute atomic E-state index is 14.8. The molecule has 1 aromatic carbocycles. The van der Waals surface area contributed by atoms with Crippen LogP contribution in [0.2, 0.25) is 0 Å². The molecule has 0 unspecified atom stereocenters. The first kappa shape index (κ1) is 26.8. The predicted molar refractivity (Wildman–Crippen MR) is 134 cm³/mol. The van der Waals surface area contributed by atoms with Crippen LogP contribution >= 0.6 is 0 Å². The van der Waals surface area contributed by atoms with Gasteiger partial charge >= 0.3 is 6.18 Å². The maximum atomic E-state index is 14.8. The van der Waals surface area contributed by atoms with Crippen LogP contribution in [-0.4, -0.2) is 70.7 Å². The molecule has 0 spiro atoms. The van der Waals surface area contributed by atoms with E-state index >= 15 is 0 Å². The van der Waals surface area contributed by atoms with Crippen LogP contribution in [-0.2, 0) is 0 Å². The lowest BCUT2D eigenvalue weighted by Crippen LogP contribution is -2.53. The average Bonchev–Trinajstić information content (AvgIpc) is 3.30. The Bertz CT molecular complexity index is 1130. The van der Waals surface area contributed by atoms with E-state index in [0.717, 1.165) is 25.7 Å². The molecule has 3 fully saturated rings. The van der Waals surface area contributed by atoms with Gasteiger partial charge in [0.05, 0.1) is 35.7 Å². The lowest BCUT2D eigenvalue weighted by Gasteiger charge is -2.47. The molecular weight excluding hydrogens is 500 g/mol. The lowest BCUT2D eigenvalue weighted by molar-refractivity contribution is -0.256. The van der Waals surface area contributed by atoms with Crippen LogP contribution in [0.5, 0.6) is 5.88 Å². The highest BCUT2D eigenvalue weighted by atomic mass is 19.4. The Kier molecular flexibility index (Phi) is 7.62. The third-order valence-electron chi connectivity index (χ3n) is 8.55. The van der Waals surface area contributed by atoms with Crippen LogP contribution in [0, 0.1) is 17.2 Å². The number of piperidine rings is 1. The molecule has 1 aliphatic carbocycles. The first-order valence-electron chi connectivity index (χ1n) is 13.5. The Labute approximate surface area is 220 Å². The predicted octanol–water partition coefficient (Wildman–Crippen LogP) is 5.73. The molecule has 1 atom stereocenters. The second-order valence-corrected chi connectivity index (χ2v) is 11.1. The van der Waals surface area contributed by atoms with E-state index in [2.05, 4.69) is 9.97 Å². The van der Waals surface area contributed by atoms with Gasteiger partial charge in [-0.2, -0.15) is 13.2 Å². The van der Waals surface area contributed by atoms with Crippen molar-refractivity contribution in [2.75, 3.05) is 32.8 Å². The van der Waals surface area contributed by atoms with Crippen molar-refractivity contribution in [1.82, 2.24) is 19.8 Å². The zero-order valence-corrected chi connectivity index (χ0v) is 21.6. The Morgan fingerprint density at radius 3 is 2.39 bits per heavy atom. The molecule has 2 aliphatic heterocycles. The number of aromatic nitrogens is 2. The monoisotopic (exact) mass is 534 g/mol. The minimum Gasteiger partial charge on any atom is -0.476 e. The van der Waals surface area contributed by atoms with Crippen molar-refractivity contribution in [3.8, 4) is 17.1 Å². The Balaban J connectivity index is 1.11. The molecule has 10 heteroatoms. The summed E-state index contributed by atoms with van der Waals surface area (Å²) < 4.78 is 61.0. The van der Waals surface area contributed by atoms with Crippen molar-refractivity contribution in [1.29, 1.82) is 0 Å². The number of carbonyl (C=O) groups is 1. The lowest BCUT2D eigenvalue weighted by atomic mass is 9.67. The van der Waals surface area contributed by atoms with Gasteiger partial charge in [-0.05, 0) is 76.6 Å². The smallest absolute Gasteiger partial charge is 0.395 e. The number of benzene rings is 1. The van der Waals surface area contributed by atoms with Gasteiger partial charge in [-0.15, -0.1) is 0 Å². The third-order valence-corrected chi connectivity index (χ3v) is 8.55. The van der Waals surface area contributed by atoms with Gasteiger partial charge in [0.1, 0.15) is 5.82 Å². The summed E-state index contributed by atoms with van der Waals surface area (Å²) in [5, 5.41) is 0. The molecule has 3 heterocycles. The molecule has 2 aromatic rings. The number of nitrogens with zero attached hydrogens (tertiary/aromatic N) is 4. The molecule has 0 bridgehead atoms. The first-order chi connectivity index (χ1) is 18.1. The molecule has 6 nitrogen and oxygen atoms in total. The fourth-order valence-electron chi connectivity index (χ4n) is 5.85. The quantitative estimate of drug-likeness (QED) is 0.425. The molecule has 3 aliphatic rings. The van der Waals surface area contributed by atoms with Crippen molar-refractivity contribution < 1.29 is 27.1 Å². The molecule has 0 radical (unpaired) electrons. The first-order valence-corrected chi connectivity index (χ1v) is 13.5. The number of amides is 1. The highest BCUT2D eigenvalue weighted by Crippen LogP contribution is 2.53. The minimum absolute atomic E-state index is 0.0581. The van der Waals surface area contributed by atoms with Gasteiger partial charge in [-0.1, -0.05) is 12.5 Å². The third kappa shape index (κ3) is 5.51. The molecule has 1 amide bonds. The van der Waals surface area contributed by atoms with E-state index in [0.29, 0.717) is 49.8 Å². The fraction of sp³-hybridized carbons (Fsp3) is 0.607. The normalized spacial score (nSPS) is 22.3. The number of hydrogen-bond acceptors (Lipinski definition) is 5. The molecule has 38 heavy (non-hydrogen) atoms. The second kappa shape index (κ2) is 10.8. The highest BCUT2D eigenvalue weighted by Gasteiger charge is 2.58. The van der Waals surface area contributed by atoms with E-state index in [1.165, 1.54) is 24.5 Å². The van der Waals surface area contributed by atoms with Gasteiger partial charge in [-0.3, -0.25) is 4.79 Å². The van der Waals surface area contributed by atoms with Crippen molar-refractivity contribution in [3.05, 3.63) is 42.0 Å². The number of ether oxygens (including phenoxy) is 1. The number of alkyl halides is 3. The van der Waals surface area contributed by atoms with Crippen molar-refractivity contribution >= 4 is 5.91 Å². The fourth-order valence-corrected chi connectivity index (χ4v) is 5.85. The summed E-state index contributed by atoms with van der Waals surface area (Å²) in [5.41, 5.74) is -0.475. The zero-order chi connectivity index (χ0) is 26.9. The molecular formula is C28H34F4N4O2. The molecule has 5 rings (SSSR count). The van der Waals surface area contributed by atoms with Gasteiger partial charge in [0.2, 0.25) is 5.88 Å². The molecule has 2 saturated heterocycles. The molecule has 1 aromatic heterocycles. The van der Waals surface area contributed by atoms with Crippen LogP contribution in [0.4, 0.5) is 17.6 Å². The Hall–Kier alpha value is -2.75. The average molecular weight is 535 g/mol. The second-order valence-electron chi connectivity index (χ2n) is 11.1. The standard InChI is InChI=1S/C28H34F4N4O2/c1-19-4-2-11-36(19)26(37)22-6-5-21(14-23(22)29)24-15-34-25(16-33-24)38-17-20-7-12-35(13-8-20)18-27(9-3-10-27)28(30,31)32/h5-6,14-16,19-20H,2-4,7-13,17-18H2,1H3/t19-/m0/s1. The van der Waals surface area contributed by atoms with E-state index in [1.54, 1.807) is 11.0 Å². The van der Waals surface area contributed by atoms with Gasteiger partial charge < -0.3 is 14.5 Å². The van der Waals surface area contributed by atoms with Crippen LogP contribution in [0.1, 0.15) is 62.2 Å². The van der Waals surface area contributed by atoms with Crippen molar-refractivity contribution in [2.24, 2.45) is 11.3 Å². The van der Waals surface area contributed by atoms with Gasteiger partial charge in [0.15, 0.2) is 0 Å². The maximum Gasteiger partial charge on any atom is 0.395 e. The topological polar surface area (TPSA) is 58.6 Å². The van der Waals surface area contributed by atoms with Gasteiger partial charge in [-0.25, -0.2) is 14.4 Å². The number of hydrogen-bond donors (Lipinski definition) is 0.